The maximum Gasteiger partial charge on any atom is 0.341 e. The number of carbonyl (C=O) groups is 1. The molecule has 1 aromatic carbocycles. The Balaban J connectivity index is 2.65. The first-order chi connectivity index (χ1) is 6.61. The quantitative estimate of drug-likeness (QED) is 0.740. The number of halogens is 1. The highest BCUT2D eigenvalue weighted by molar-refractivity contribution is 6.34. The van der Waals surface area contributed by atoms with Crippen molar-refractivity contribution < 1.29 is 14.6 Å². The second-order valence-electron chi connectivity index (χ2n) is 3.06. The Morgan fingerprint density at radius 2 is 2.36 bits per heavy atom. The van der Waals surface area contributed by atoms with Crippen LogP contribution in [0.3, 0.4) is 0 Å². The summed E-state index contributed by atoms with van der Waals surface area (Å²) >= 11 is 5.75. The fraction of sp³-hybridized carbons (Fsp3) is 0.222. The summed E-state index contributed by atoms with van der Waals surface area (Å²) in [6.07, 6.45) is 0. The van der Waals surface area contributed by atoms with E-state index in [1.807, 2.05) is 0 Å². The standard InChI is InChI=1S/C9H8ClNO3/c10-5-2-1-4-6(11)3-14-8(4)7(5)9(12)13/h1-2,6H,3,11H2,(H,12,13)/t6-/m0/s1. The Morgan fingerprint density at radius 1 is 1.64 bits per heavy atom. The predicted octanol–water partition coefficient (Wildman–Crippen LogP) is 1.43. The molecule has 14 heavy (non-hydrogen) atoms. The van der Waals surface area contributed by atoms with Crippen LogP contribution in [0.2, 0.25) is 5.02 Å². The lowest BCUT2D eigenvalue weighted by Crippen LogP contribution is -2.10. The van der Waals surface area contributed by atoms with E-state index in [-0.39, 0.29) is 16.6 Å². The zero-order valence-electron chi connectivity index (χ0n) is 7.16. The summed E-state index contributed by atoms with van der Waals surface area (Å²) in [4.78, 5) is 10.9. The second-order valence-corrected chi connectivity index (χ2v) is 3.47. The Hall–Kier alpha value is -1.26. The van der Waals surface area contributed by atoms with Gasteiger partial charge in [-0.25, -0.2) is 4.79 Å². The SMILES string of the molecule is N[C@H]1COc2c1ccc(Cl)c2C(=O)O. The van der Waals surface area contributed by atoms with E-state index in [1.54, 1.807) is 6.07 Å². The molecular weight excluding hydrogens is 206 g/mol. The molecule has 4 nitrogen and oxygen atoms in total. The van der Waals surface area contributed by atoms with Gasteiger partial charge >= 0.3 is 5.97 Å². The van der Waals surface area contributed by atoms with Crippen LogP contribution in [0, 0.1) is 0 Å². The van der Waals surface area contributed by atoms with Crippen molar-refractivity contribution in [1.29, 1.82) is 0 Å². The fourth-order valence-electron chi connectivity index (χ4n) is 1.48. The van der Waals surface area contributed by atoms with Crippen LogP contribution in [0.5, 0.6) is 5.75 Å². The molecule has 0 saturated heterocycles. The largest absolute Gasteiger partial charge is 0.490 e. The molecule has 1 aliphatic heterocycles. The fourth-order valence-corrected chi connectivity index (χ4v) is 1.71. The monoisotopic (exact) mass is 213 g/mol. The molecule has 0 unspecified atom stereocenters. The third-order valence-electron chi connectivity index (χ3n) is 2.16. The highest BCUT2D eigenvalue weighted by Crippen LogP contribution is 2.37. The highest BCUT2D eigenvalue weighted by Gasteiger charge is 2.27. The third-order valence-corrected chi connectivity index (χ3v) is 2.47. The molecule has 0 spiro atoms. The number of benzene rings is 1. The van der Waals surface area contributed by atoms with Crippen LogP contribution >= 0.6 is 11.6 Å². The van der Waals surface area contributed by atoms with Gasteiger partial charge in [-0.05, 0) is 6.07 Å². The number of fused-ring (bicyclic) bond motifs is 1. The summed E-state index contributed by atoms with van der Waals surface area (Å²) in [6.45, 7) is 0.302. The lowest BCUT2D eigenvalue weighted by molar-refractivity contribution is 0.0693. The van der Waals surface area contributed by atoms with Crippen LogP contribution in [-0.4, -0.2) is 17.7 Å². The number of nitrogens with two attached hydrogens (primary N) is 1. The van der Waals surface area contributed by atoms with Gasteiger partial charge in [0.25, 0.3) is 0 Å². The van der Waals surface area contributed by atoms with E-state index in [0.717, 1.165) is 0 Å². The van der Waals surface area contributed by atoms with Gasteiger partial charge < -0.3 is 15.6 Å². The molecule has 5 heteroatoms. The molecule has 0 saturated carbocycles. The summed E-state index contributed by atoms with van der Waals surface area (Å²) in [7, 11) is 0. The van der Waals surface area contributed by atoms with Gasteiger partial charge in [0.15, 0.2) is 0 Å². The van der Waals surface area contributed by atoms with Crippen molar-refractivity contribution in [1.82, 2.24) is 0 Å². The topological polar surface area (TPSA) is 72.5 Å². The molecule has 3 N–H and O–H groups in total. The molecule has 0 fully saturated rings. The van der Waals surface area contributed by atoms with E-state index in [1.165, 1.54) is 6.07 Å². The number of carboxylic acids is 1. The average Bonchev–Trinajstić information content (AvgIpc) is 2.47. The number of ether oxygens (including phenoxy) is 1. The molecule has 1 atom stereocenters. The Labute approximate surface area is 85.2 Å². The molecule has 0 amide bonds. The number of carboxylic acid groups (broad SMARTS) is 1. The summed E-state index contributed by atoms with van der Waals surface area (Å²) in [5.74, 6) is -0.793. The van der Waals surface area contributed by atoms with Gasteiger partial charge in [0.2, 0.25) is 0 Å². The van der Waals surface area contributed by atoms with E-state index in [0.29, 0.717) is 17.9 Å². The molecule has 1 aromatic rings. The number of rotatable bonds is 1. The van der Waals surface area contributed by atoms with Crippen LogP contribution in [0.1, 0.15) is 22.0 Å². The summed E-state index contributed by atoms with van der Waals surface area (Å²) < 4.78 is 5.19. The molecule has 1 heterocycles. The molecule has 0 aromatic heterocycles. The lowest BCUT2D eigenvalue weighted by atomic mass is 10.1. The smallest absolute Gasteiger partial charge is 0.341 e. The zero-order chi connectivity index (χ0) is 10.3. The van der Waals surface area contributed by atoms with Crippen LogP contribution in [0.25, 0.3) is 0 Å². The van der Waals surface area contributed by atoms with E-state index in [4.69, 9.17) is 27.2 Å². The number of hydrogen-bond donors (Lipinski definition) is 2. The zero-order valence-corrected chi connectivity index (χ0v) is 7.91. The van der Waals surface area contributed by atoms with Crippen LogP contribution in [0.4, 0.5) is 0 Å². The van der Waals surface area contributed by atoms with E-state index >= 15 is 0 Å². The van der Waals surface area contributed by atoms with E-state index in [2.05, 4.69) is 0 Å². The minimum Gasteiger partial charge on any atom is -0.490 e. The highest BCUT2D eigenvalue weighted by atomic mass is 35.5. The third kappa shape index (κ3) is 1.23. The van der Waals surface area contributed by atoms with E-state index in [9.17, 15) is 4.79 Å². The molecule has 0 radical (unpaired) electrons. The normalized spacial score (nSPS) is 18.9. The van der Waals surface area contributed by atoms with Crippen LogP contribution < -0.4 is 10.5 Å². The van der Waals surface area contributed by atoms with Crippen molar-refractivity contribution in [2.45, 2.75) is 6.04 Å². The molecule has 0 aliphatic carbocycles. The van der Waals surface area contributed by atoms with Crippen molar-refractivity contribution in [2.24, 2.45) is 5.73 Å². The minimum atomic E-state index is -1.10. The summed E-state index contributed by atoms with van der Waals surface area (Å²) in [5.41, 5.74) is 6.40. The van der Waals surface area contributed by atoms with Gasteiger partial charge in [-0.3, -0.25) is 0 Å². The lowest BCUT2D eigenvalue weighted by Gasteiger charge is -2.05. The van der Waals surface area contributed by atoms with Crippen LogP contribution in [-0.2, 0) is 0 Å². The molecule has 2 rings (SSSR count). The van der Waals surface area contributed by atoms with Gasteiger partial charge in [0, 0.05) is 5.56 Å². The van der Waals surface area contributed by atoms with Gasteiger partial charge in [-0.2, -0.15) is 0 Å². The summed E-state index contributed by atoms with van der Waals surface area (Å²) in [6, 6.07) is 2.96. The predicted molar refractivity (Wildman–Crippen MR) is 50.8 cm³/mol. The first-order valence-corrected chi connectivity index (χ1v) is 4.43. The molecule has 1 aliphatic rings. The molecule has 74 valence electrons. The van der Waals surface area contributed by atoms with Gasteiger partial charge in [-0.15, -0.1) is 0 Å². The Morgan fingerprint density at radius 3 is 3.00 bits per heavy atom. The average molecular weight is 214 g/mol. The Kier molecular flexibility index (Phi) is 2.09. The summed E-state index contributed by atoms with van der Waals surface area (Å²) in [5, 5.41) is 9.08. The first kappa shape index (κ1) is 9.30. The molecule has 0 bridgehead atoms. The maximum absolute atomic E-state index is 10.9. The van der Waals surface area contributed by atoms with Crippen molar-refractivity contribution >= 4 is 17.6 Å². The number of aromatic carboxylic acids is 1. The second kappa shape index (κ2) is 3.15. The number of hydrogen-bond acceptors (Lipinski definition) is 3. The van der Waals surface area contributed by atoms with Gasteiger partial charge in [-0.1, -0.05) is 17.7 Å². The maximum atomic E-state index is 10.9. The molecular formula is C9H8ClNO3. The van der Waals surface area contributed by atoms with Crippen molar-refractivity contribution in [3.8, 4) is 5.75 Å². The Bertz CT molecular complexity index is 405. The van der Waals surface area contributed by atoms with Gasteiger partial charge in [0.05, 0.1) is 11.1 Å². The van der Waals surface area contributed by atoms with Crippen molar-refractivity contribution in [3.63, 3.8) is 0 Å². The minimum absolute atomic E-state index is 0.00267. The van der Waals surface area contributed by atoms with Crippen LogP contribution in [0.15, 0.2) is 12.1 Å². The van der Waals surface area contributed by atoms with Crippen molar-refractivity contribution in [3.05, 3.63) is 28.3 Å². The van der Waals surface area contributed by atoms with E-state index < -0.39 is 5.97 Å². The van der Waals surface area contributed by atoms with Crippen molar-refractivity contribution in [2.75, 3.05) is 6.61 Å². The first-order valence-electron chi connectivity index (χ1n) is 4.05. The van der Waals surface area contributed by atoms with Gasteiger partial charge in [0.1, 0.15) is 17.9 Å².